The maximum Gasteiger partial charge on any atom is 0.259 e. The molecule has 0 spiro atoms. The summed E-state index contributed by atoms with van der Waals surface area (Å²) in [4.78, 5) is 29.2. The average Bonchev–Trinajstić information content (AvgIpc) is 3.09. The van der Waals surface area contributed by atoms with Gasteiger partial charge in [-0.3, -0.25) is 9.59 Å². The van der Waals surface area contributed by atoms with Crippen LogP contribution in [0.4, 0.5) is 5.69 Å². The zero-order valence-electron chi connectivity index (χ0n) is 15.0. The minimum absolute atomic E-state index is 0.228. The number of anilines is 1. The number of hydrogen-bond acceptors (Lipinski definition) is 5. The predicted octanol–water partition coefficient (Wildman–Crippen LogP) is 3.55. The molecule has 7 nitrogen and oxygen atoms in total. The largest absolute Gasteiger partial charge is 0.366 e. The fourth-order valence-corrected chi connectivity index (χ4v) is 3.03. The molecule has 0 saturated heterocycles. The second-order valence-electron chi connectivity index (χ2n) is 6.23. The molecule has 4 aromatic rings. The number of aromatic nitrogens is 2. The van der Waals surface area contributed by atoms with Gasteiger partial charge in [0, 0.05) is 5.56 Å². The van der Waals surface area contributed by atoms with Gasteiger partial charge in [0.25, 0.3) is 17.5 Å². The Kier molecular flexibility index (Phi) is 4.33. The topological polar surface area (TPSA) is 111 Å². The normalized spacial score (nSPS) is 10.8. The van der Waals surface area contributed by atoms with Crippen molar-refractivity contribution in [3.63, 3.8) is 0 Å². The van der Waals surface area contributed by atoms with E-state index in [1.54, 1.807) is 37.3 Å². The van der Waals surface area contributed by atoms with Crippen LogP contribution in [0, 0.1) is 6.92 Å². The van der Waals surface area contributed by atoms with Crippen molar-refractivity contribution in [2.75, 3.05) is 5.32 Å². The number of carbonyl (C=O) groups excluding carboxylic acids is 2. The highest BCUT2D eigenvalue weighted by Gasteiger charge is 2.20. The smallest absolute Gasteiger partial charge is 0.259 e. The van der Waals surface area contributed by atoms with Gasteiger partial charge in [0.05, 0.1) is 33.6 Å². The van der Waals surface area contributed by atoms with Gasteiger partial charge in [0.2, 0.25) is 0 Å². The van der Waals surface area contributed by atoms with Crippen molar-refractivity contribution in [1.29, 1.82) is 0 Å². The first kappa shape index (κ1) is 17.4. The van der Waals surface area contributed by atoms with E-state index in [2.05, 4.69) is 15.5 Å². The summed E-state index contributed by atoms with van der Waals surface area (Å²) in [5.74, 6) is -1.04. The number of pyridine rings is 1. The Bertz CT molecular complexity index is 1200. The first-order valence-corrected chi connectivity index (χ1v) is 8.57. The van der Waals surface area contributed by atoms with Crippen LogP contribution in [-0.4, -0.2) is 22.0 Å². The number of nitrogens with zero attached hydrogens (tertiary/aromatic N) is 2. The first-order chi connectivity index (χ1) is 13.5. The lowest BCUT2D eigenvalue weighted by atomic mass is 10.0. The molecule has 4 rings (SSSR count). The quantitative estimate of drug-likeness (QED) is 0.569. The molecule has 2 amide bonds. The highest BCUT2D eigenvalue weighted by Crippen LogP contribution is 2.28. The Morgan fingerprint density at radius 2 is 1.71 bits per heavy atom. The molecule has 2 aromatic heterocycles. The van der Waals surface area contributed by atoms with E-state index in [1.807, 2.05) is 30.3 Å². The SMILES string of the molecule is Cc1noc2nc(-c3ccccc3)cc(C(=O)Nc3ccccc3C(N)=O)c12. The summed E-state index contributed by atoms with van der Waals surface area (Å²) in [5.41, 5.74) is 8.55. The number of nitrogens with one attached hydrogen (secondary N) is 1. The van der Waals surface area contributed by atoms with Crippen molar-refractivity contribution in [3.05, 3.63) is 77.5 Å². The molecule has 0 bridgehead atoms. The molecule has 0 atom stereocenters. The van der Waals surface area contributed by atoms with E-state index in [1.165, 1.54) is 0 Å². The van der Waals surface area contributed by atoms with Crippen molar-refractivity contribution < 1.29 is 14.1 Å². The highest BCUT2D eigenvalue weighted by molar-refractivity contribution is 6.14. The molecule has 0 unspecified atom stereocenters. The highest BCUT2D eigenvalue weighted by atomic mass is 16.5. The van der Waals surface area contributed by atoms with Crippen LogP contribution in [0.1, 0.15) is 26.4 Å². The van der Waals surface area contributed by atoms with E-state index in [4.69, 9.17) is 10.3 Å². The van der Waals surface area contributed by atoms with Crippen LogP contribution in [0.3, 0.4) is 0 Å². The first-order valence-electron chi connectivity index (χ1n) is 8.57. The van der Waals surface area contributed by atoms with Gasteiger partial charge in [0.1, 0.15) is 0 Å². The number of nitrogens with two attached hydrogens (primary N) is 1. The number of carbonyl (C=O) groups is 2. The van der Waals surface area contributed by atoms with E-state index in [0.717, 1.165) is 5.56 Å². The van der Waals surface area contributed by atoms with E-state index < -0.39 is 11.8 Å². The molecule has 3 N–H and O–H groups in total. The number of hydrogen-bond donors (Lipinski definition) is 2. The number of fused-ring (bicyclic) bond motifs is 1. The summed E-state index contributed by atoms with van der Waals surface area (Å²) in [5, 5.41) is 7.22. The van der Waals surface area contributed by atoms with Crippen molar-refractivity contribution >= 4 is 28.6 Å². The fraction of sp³-hybridized carbons (Fsp3) is 0.0476. The zero-order chi connectivity index (χ0) is 19.7. The maximum atomic E-state index is 13.1. The monoisotopic (exact) mass is 372 g/mol. The van der Waals surface area contributed by atoms with E-state index in [0.29, 0.717) is 28.0 Å². The van der Waals surface area contributed by atoms with Gasteiger partial charge >= 0.3 is 0 Å². The summed E-state index contributed by atoms with van der Waals surface area (Å²) in [6, 6.07) is 17.7. The van der Waals surface area contributed by atoms with Gasteiger partial charge in [-0.15, -0.1) is 0 Å². The van der Waals surface area contributed by atoms with Gasteiger partial charge in [-0.1, -0.05) is 47.6 Å². The molecule has 0 aliphatic rings. The van der Waals surface area contributed by atoms with Crippen molar-refractivity contribution in [2.45, 2.75) is 6.92 Å². The summed E-state index contributed by atoms with van der Waals surface area (Å²) in [6.45, 7) is 1.74. The third-order valence-electron chi connectivity index (χ3n) is 4.37. The molecule has 2 heterocycles. The van der Waals surface area contributed by atoms with Crippen LogP contribution in [0.5, 0.6) is 0 Å². The van der Waals surface area contributed by atoms with Gasteiger partial charge in [-0.25, -0.2) is 4.98 Å². The molecule has 0 aliphatic carbocycles. The molecule has 28 heavy (non-hydrogen) atoms. The van der Waals surface area contributed by atoms with Crippen LogP contribution in [0.2, 0.25) is 0 Å². The molecule has 0 radical (unpaired) electrons. The number of para-hydroxylation sites is 1. The van der Waals surface area contributed by atoms with Crippen LogP contribution >= 0.6 is 0 Å². The van der Waals surface area contributed by atoms with Crippen molar-refractivity contribution in [1.82, 2.24) is 10.1 Å². The number of aryl methyl sites for hydroxylation is 1. The lowest BCUT2D eigenvalue weighted by Gasteiger charge is -2.10. The molecule has 138 valence electrons. The second-order valence-corrected chi connectivity index (χ2v) is 6.23. The summed E-state index contributed by atoms with van der Waals surface area (Å²) >= 11 is 0. The van der Waals surface area contributed by atoms with Gasteiger partial charge < -0.3 is 15.6 Å². The number of benzene rings is 2. The summed E-state index contributed by atoms with van der Waals surface area (Å²) < 4.78 is 5.30. The maximum absolute atomic E-state index is 13.1. The predicted molar refractivity (Wildman–Crippen MR) is 105 cm³/mol. The number of rotatable bonds is 4. The molecule has 2 aromatic carbocycles. The Labute approximate surface area is 160 Å². The van der Waals surface area contributed by atoms with Gasteiger partial charge in [-0.2, -0.15) is 0 Å². The molecule has 7 heteroatoms. The van der Waals surface area contributed by atoms with Crippen LogP contribution in [0.25, 0.3) is 22.4 Å². The summed E-state index contributed by atoms with van der Waals surface area (Å²) in [6.07, 6.45) is 0. The number of primary amides is 1. The summed E-state index contributed by atoms with van der Waals surface area (Å²) in [7, 11) is 0. The minimum atomic E-state index is -0.623. The standard InChI is InChI=1S/C21H16N4O3/c1-12-18-15(20(27)23-16-10-6-5-9-14(16)19(22)26)11-17(24-21(18)28-25-12)13-7-3-2-4-8-13/h2-11H,1H3,(H2,22,26)(H,23,27). The minimum Gasteiger partial charge on any atom is -0.366 e. The molecule has 0 saturated carbocycles. The Balaban J connectivity index is 1.82. The lowest BCUT2D eigenvalue weighted by molar-refractivity contribution is 0.100. The molecular formula is C21H16N4O3. The average molecular weight is 372 g/mol. The van der Waals surface area contributed by atoms with E-state index in [9.17, 15) is 9.59 Å². The van der Waals surface area contributed by atoms with Crippen LogP contribution < -0.4 is 11.1 Å². The van der Waals surface area contributed by atoms with E-state index >= 15 is 0 Å². The molecule has 0 aliphatic heterocycles. The van der Waals surface area contributed by atoms with Gasteiger partial charge in [0.15, 0.2) is 0 Å². The molecule has 0 fully saturated rings. The van der Waals surface area contributed by atoms with Crippen molar-refractivity contribution in [2.24, 2.45) is 5.73 Å². The Morgan fingerprint density at radius 1 is 1.00 bits per heavy atom. The Hall–Kier alpha value is -4.00. The third kappa shape index (κ3) is 3.09. The number of amides is 2. The zero-order valence-corrected chi connectivity index (χ0v) is 15.0. The second kappa shape index (κ2) is 6.96. The van der Waals surface area contributed by atoms with Crippen molar-refractivity contribution in [3.8, 4) is 11.3 Å². The fourth-order valence-electron chi connectivity index (χ4n) is 3.03. The van der Waals surface area contributed by atoms with Gasteiger partial charge in [-0.05, 0) is 25.1 Å². The third-order valence-corrected chi connectivity index (χ3v) is 4.37. The molecular weight excluding hydrogens is 356 g/mol. The Morgan fingerprint density at radius 3 is 2.46 bits per heavy atom. The van der Waals surface area contributed by atoms with Crippen LogP contribution in [0.15, 0.2) is 65.2 Å². The lowest BCUT2D eigenvalue weighted by Crippen LogP contribution is -2.18. The van der Waals surface area contributed by atoms with Crippen LogP contribution in [-0.2, 0) is 0 Å². The van der Waals surface area contributed by atoms with E-state index in [-0.39, 0.29) is 11.3 Å².